The SMILES string of the molecule is O=S(=O)(NCCC(F)(F)F)c1ccn[nH]1. The van der Waals surface area contributed by atoms with Crippen LogP contribution in [0.3, 0.4) is 0 Å². The topological polar surface area (TPSA) is 74.8 Å². The molecule has 0 radical (unpaired) electrons. The maximum Gasteiger partial charge on any atom is 0.390 e. The average Bonchev–Trinajstić information content (AvgIpc) is 2.52. The van der Waals surface area contributed by atoms with Gasteiger partial charge in [-0.2, -0.15) is 18.3 Å². The zero-order valence-electron chi connectivity index (χ0n) is 7.37. The molecule has 1 heterocycles. The molecule has 1 aromatic heterocycles. The van der Waals surface area contributed by atoms with Crippen molar-refractivity contribution in [3.63, 3.8) is 0 Å². The Hall–Kier alpha value is -1.09. The van der Waals surface area contributed by atoms with Crippen LogP contribution < -0.4 is 4.72 Å². The zero-order chi connectivity index (χ0) is 11.5. The van der Waals surface area contributed by atoms with Gasteiger partial charge in [0, 0.05) is 6.54 Å². The summed E-state index contributed by atoms with van der Waals surface area (Å²) in [6, 6.07) is 1.15. The first kappa shape index (κ1) is 12.0. The molecule has 0 unspecified atom stereocenters. The predicted molar refractivity (Wildman–Crippen MR) is 44.4 cm³/mol. The van der Waals surface area contributed by atoms with Crippen molar-refractivity contribution in [3.8, 4) is 0 Å². The molecule has 0 aliphatic heterocycles. The number of aromatic amines is 1. The fraction of sp³-hybridized carbons (Fsp3) is 0.500. The van der Waals surface area contributed by atoms with Gasteiger partial charge in [0.1, 0.15) is 0 Å². The Morgan fingerprint density at radius 3 is 2.60 bits per heavy atom. The summed E-state index contributed by atoms with van der Waals surface area (Å²) in [5.41, 5.74) is 0. The Balaban J connectivity index is 2.53. The molecule has 0 saturated heterocycles. The Labute approximate surface area is 83.7 Å². The second kappa shape index (κ2) is 4.19. The lowest BCUT2D eigenvalue weighted by Gasteiger charge is -2.06. The van der Waals surface area contributed by atoms with E-state index >= 15 is 0 Å². The maximum absolute atomic E-state index is 11.7. The molecule has 0 amide bonds. The van der Waals surface area contributed by atoms with E-state index in [1.54, 1.807) is 4.72 Å². The van der Waals surface area contributed by atoms with Crippen LogP contribution in [-0.4, -0.2) is 31.3 Å². The minimum atomic E-state index is -4.38. The lowest BCUT2D eigenvalue weighted by Crippen LogP contribution is -2.28. The molecule has 0 atom stereocenters. The van der Waals surface area contributed by atoms with Crippen molar-refractivity contribution >= 4 is 10.0 Å². The van der Waals surface area contributed by atoms with E-state index < -0.39 is 29.2 Å². The van der Waals surface area contributed by atoms with E-state index in [1.807, 2.05) is 0 Å². The number of halogens is 3. The van der Waals surface area contributed by atoms with Gasteiger partial charge in [0.25, 0.3) is 10.0 Å². The molecule has 0 aliphatic rings. The van der Waals surface area contributed by atoms with Gasteiger partial charge in [-0.3, -0.25) is 5.10 Å². The minimum absolute atomic E-state index is 0.260. The molecule has 2 N–H and O–H groups in total. The summed E-state index contributed by atoms with van der Waals surface area (Å²) in [6.07, 6.45) is -4.39. The molecule has 0 saturated carbocycles. The molecule has 0 aliphatic carbocycles. The Kier molecular flexibility index (Phi) is 3.35. The first-order chi connectivity index (χ1) is 6.81. The van der Waals surface area contributed by atoms with Gasteiger partial charge in [-0.15, -0.1) is 0 Å². The molecule has 0 fully saturated rings. The van der Waals surface area contributed by atoms with Gasteiger partial charge < -0.3 is 0 Å². The van der Waals surface area contributed by atoms with Gasteiger partial charge in [0.05, 0.1) is 12.6 Å². The fourth-order valence-electron chi connectivity index (χ4n) is 0.798. The largest absolute Gasteiger partial charge is 0.390 e. The van der Waals surface area contributed by atoms with Crippen molar-refractivity contribution < 1.29 is 21.6 Å². The fourth-order valence-corrected chi connectivity index (χ4v) is 1.74. The molecule has 0 aromatic carbocycles. The number of H-pyrrole nitrogens is 1. The van der Waals surface area contributed by atoms with Crippen LogP contribution in [0.1, 0.15) is 6.42 Å². The van der Waals surface area contributed by atoms with E-state index in [-0.39, 0.29) is 5.03 Å². The Morgan fingerprint density at radius 1 is 1.47 bits per heavy atom. The monoisotopic (exact) mass is 243 g/mol. The summed E-state index contributed by atoms with van der Waals surface area (Å²) >= 11 is 0. The van der Waals surface area contributed by atoms with Crippen LogP contribution in [0.25, 0.3) is 0 Å². The number of hydrogen-bond acceptors (Lipinski definition) is 3. The standard InChI is InChI=1S/C6H8F3N3O2S/c7-6(8,9)2-4-11-15(13,14)5-1-3-10-12-5/h1,3,11H,2,4H2,(H,10,12). The Bertz CT molecular complexity index is 398. The summed E-state index contributed by atoms with van der Waals surface area (Å²) in [4.78, 5) is 0. The lowest BCUT2D eigenvalue weighted by molar-refractivity contribution is -0.132. The number of rotatable bonds is 4. The molecule has 86 valence electrons. The van der Waals surface area contributed by atoms with Gasteiger partial charge in [-0.05, 0) is 6.07 Å². The number of nitrogens with zero attached hydrogens (tertiary/aromatic N) is 1. The average molecular weight is 243 g/mol. The highest BCUT2D eigenvalue weighted by molar-refractivity contribution is 7.89. The van der Waals surface area contributed by atoms with Crippen molar-refractivity contribution in [1.29, 1.82) is 0 Å². The third-order valence-corrected chi connectivity index (χ3v) is 2.86. The maximum atomic E-state index is 11.7. The first-order valence-corrected chi connectivity index (χ1v) is 5.35. The summed E-state index contributed by atoms with van der Waals surface area (Å²) in [5, 5.41) is 5.26. The number of alkyl halides is 3. The first-order valence-electron chi connectivity index (χ1n) is 3.87. The van der Waals surface area contributed by atoms with Crippen LogP contribution >= 0.6 is 0 Å². The van der Waals surface area contributed by atoms with E-state index in [0.717, 1.165) is 6.07 Å². The van der Waals surface area contributed by atoms with Crippen LogP contribution in [0.4, 0.5) is 13.2 Å². The van der Waals surface area contributed by atoms with E-state index in [1.165, 1.54) is 6.20 Å². The highest BCUT2D eigenvalue weighted by Crippen LogP contribution is 2.18. The van der Waals surface area contributed by atoms with Gasteiger partial charge in [0.15, 0.2) is 5.03 Å². The lowest BCUT2D eigenvalue weighted by atomic mass is 10.4. The van der Waals surface area contributed by atoms with Crippen molar-refractivity contribution in [2.75, 3.05) is 6.54 Å². The zero-order valence-corrected chi connectivity index (χ0v) is 8.19. The molecular weight excluding hydrogens is 235 g/mol. The summed E-state index contributed by atoms with van der Waals surface area (Å²) in [6.45, 7) is -0.690. The molecule has 5 nitrogen and oxygen atoms in total. The summed E-state index contributed by atoms with van der Waals surface area (Å²) < 4.78 is 59.4. The molecular formula is C6H8F3N3O2S. The number of hydrogen-bond donors (Lipinski definition) is 2. The van der Waals surface area contributed by atoms with Crippen LogP contribution in [0.15, 0.2) is 17.3 Å². The molecule has 9 heteroatoms. The van der Waals surface area contributed by atoms with Crippen LogP contribution in [0.5, 0.6) is 0 Å². The highest BCUT2D eigenvalue weighted by atomic mass is 32.2. The minimum Gasteiger partial charge on any atom is -0.266 e. The summed E-state index contributed by atoms with van der Waals surface area (Å²) in [5.74, 6) is 0. The van der Waals surface area contributed by atoms with Crippen molar-refractivity contribution in [1.82, 2.24) is 14.9 Å². The van der Waals surface area contributed by atoms with Crippen molar-refractivity contribution in [2.45, 2.75) is 17.6 Å². The van der Waals surface area contributed by atoms with Crippen LogP contribution in [0.2, 0.25) is 0 Å². The smallest absolute Gasteiger partial charge is 0.266 e. The van der Waals surface area contributed by atoms with Gasteiger partial charge >= 0.3 is 6.18 Å². The van der Waals surface area contributed by atoms with E-state index in [9.17, 15) is 21.6 Å². The van der Waals surface area contributed by atoms with Gasteiger partial charge in [-0.1, -0.05) is 0 Å². The molecule has 1 rings (SSSR count). The predicted octanol–water partition coefficient (Wildman–Crippen LogP) is 0.640. The third-order valence-electron chi connectivity index (χ3n) is 1.47. The molecule has 1 aromatic rings. The molecule has 0 bridgehead atoms. The van der Waals surface area contributed by atoms with Crippen molar-refractivity contribution in [2.24, 2.45) is 0 Å². The second-order valence-corrected chi connectivity index (χ2v) is 4.42. The second-order valence-electron chi connectivity index (χ2n) is 2.68. The van der Waals surface area contributed by atoms with E-state index in [2.05, 4.69) is 10.2 Å². The highest BCUT2D eigenvalue weighted by Gasteiger charge is 2.27. The van der Waals surface area contributed by atoms with Crippen LogP contribution in [-0.2, 0) is 10.0 Å². The number of nitrogens with one attached hydrogen (secondary N) is 2. The number of sulfonamides is 1. The van der Waals surface area contributed by atoms with E-state index in [0.29, 0.717) is 0 Å². The molecule has 15 heavy (non-hydrogen) atoms. The third kappa shape index (κ3) is 3.88. The van der Waals surface area contributed by atoms with Gasteiger partial charge in [-0.25, -0.2) is 13.1 Å². The Morgan fingerprint density at radius 2 is 2.13 bits per heavy atom. The molecule has 0 spiro atoms. The van der Waals surface area contributed by atoms with Crippen LogP contribution in [0, 0.1) is 0 Å². The van der Waals surface area contributed by atoms with Gasteiger partial charge in [0.2, 0.25) is 0 Å². The summed E-state index contributed by atoms with van der Waals surface area (Å²) in [7, 11) is -3.91. The number of aromatic nitrogens is 2. The normalized spacial score (nSPS) is 13.0. The van der Waals surface area contributed by atoms with Crippen molar-refractivity contribution in [3.05, 3.63) is 12.3 Å². The van der Waals surface area contributed by atoms with E-state index in [4.69, 9.17) is 0 Å². The quantitative estimate of drug-likeness (QED) is 0.814.